The SMILES string of the molecule is Nc1ncc(F)c(I)c1C(F)F. The molecule has 0 saturated heterocycles. The monoisotopic (exact) mass is 288 g/mol. The number of aromatic nitrogens is 1. The van der Waals surface area contributed by atoms with Gasteiger partial charge in [0.25, 0.3) is 6.43 Å². The van der Waals surface area contributed by atoms with Gasteiger partial charge in [0.15, 0.2) is 5.82 Å². The Morgan fingerprint density at radius 3 is 2.50 bits per heavy atom. The lowest BCUT2D eigenvalue weighted by molar-refractivity contribution is 0.150. The Morgan fingerprint density at radius 1 is 1.50 bits per heavy atom. The van der Waals surface area contributed by atoms with E-state index in [4.69, 9.17) is 5.73 Å². The number of hydrogen-bond acceptors (Lipinski definition) is 2. The first-order chi connectivity index (χ1) is 5.54. The Hall–Kier alpha value is -0.530. The number of alkyl halides is 2. The van der Waals surface area contributed by atoms with E-state index in [9.17, 15) is 13.2 Å². The van der Waals surface area contributed by atoms with Crippen molar-refractivity contribution in [3.63, 3.8) is 0 Å². The molecule has 1 aromatic heterocycles. The second-order valence-corrected chi connectivity index (χ2v) is 3.10. The Bertz CT molecular complexity index is 303. The average molecular weight is 288 g/mol. The van der Waals surface area contributed by atoms with E-state index in [1.807, 2.05) is 0 Å². The van der Waals surface area contributed by atoms with Crippen molar-refractivity contribution in [3.05, 3.63) is 21.1 Å². The predicted molar refractivity (Wildman–Crippen MR) is 46.3 cm³/mol. The number of pyridine rings is 1. The van der Waals surface area contributed by atoms with Crippen molar-refractivity contribution >= 4 is 28.4 Å². The van der Waals surface area contributed by atoms with Gasteiger partial charge in [0.05, 0.1) is 15.3 Å². The summed E-state index contributed by atoms with van der Waals surface area (Å²) in [6, 6.07) is 0. The van der Waals surface area contributed by atoms with Crippen LogP contribution in [0.4, 0.5) is 19.0 Å². The lowest BCUT2D eigenvalue weighted by Crippen LogP contribution is -2.03. The molecule has 0 atom stereocenters. The van der Waals surface area contributed by atoms with Crippen LogP contribution in [0.2, 0.25) is 0 Å². The number of hydrogen-bond donors (Lipinski definition) is 1. The number of nitrogen functional groups attached to an aromatic ring is 1. The van der Waals surface area contributed by atoms with Gasteiger partial charge in [-0.1, -0.05) is 0 Å². The van der Waals surface area contributed by atoms with Crippen molar-refractivity contribution in [3.8, 4) is 0 Å². The zero-order valence-electron chi connectivity index (χ0n) is 5.69. The van der Waals surface area contributed by atoms with Crippen molar-refractivity contribution in [1.82, 2.24) is 4.98 Å². The first kappa shape index (κ1) is 9.56. The second-order valence-electron chi connectivity index (χ2n) is 2.02. The quantitative estimate of drug-likeness (QED) is 0.806. The van der Waals surface area contributed by atoms with Crippen molar-refractivity contribution in [1.29, 1.82) is 0 Å². The molecule has 2 nitrogen and oxygen atoms in total. The summed E-state index contributed by atoms with van der Waals surface area (Å²) in [5.41, 5.74) is 4.60. The molecule has 0 radical (unpaired) electrons. The highest BCUT2D eigenvalue weighted by Gasteiger charge is 2.19. The van der Waals surface area contributed by atoms with Gasteiger partial charge in [0.2, 0.25) is 0 Å². The van der Waals surface area contributed by atoms with Gasteiger partial charge in [-0.2, -0.15) is 0 Å². The number of anilines is 1. The minimum Gasteiger partial charge on any atom is -0.383 e. The second kappa shape index (κ2) is 3.46. The number of nitrogens with zero attached hydrogens (tertiary/aromatic N) is 1. The summed E-state index contributed by atoms with van der Waals surface area (Å²) >= 11 is 1.47. The van der Waals surface area contributed by atoms with Crippen molar-refractivity contribution < 1.29 is 13.2 Å². The summed E-state index contributed by atoms with van der Waals surface area (Å²) < 4.78 is 36.8. The molecule has 0 amide bonds. The van der Waals surface area contributed by atoms with Crippen LogP contribution in [-0.2, 0) is 0 Å². The van der Waals surface area contributed by atoms with E-state index in [2.05, 4.69) is 4.98 Å². The number of rotatable bonds is 1. The molecule has 0 aliphatic carbocycles. The number of nitrogens with two attached hydrogens (primary N) is 1. The highest BCUT2D eigenvalue weighted by Crippen LogP contribution is 2.29. The maximum absolute atomic E-state index is 12.7. The van der Waals surface area contributed by atoms with Gasteiger partial charge >= 0.3 is 0 Å². The number of halogens is 4. The minimum absolute atomic E-state index is 0.171. The van der Waals surface area contributed by atoms with Crippen LogP contribution in [-0.4, -0.2) is 4.98 Å². The van der Waals surface area contributed by atoms with Gasteiger partial charge in [-0.05, 0) is 22.6 Å². The molecular weight excluding hydrogens is 284 g/mol. The molecule has 6 heteroatoms. The molecule has 0 aliphatic rings. The van der Waals surface area contributed by atoms with Gasteiger partial charge in [-0.3, -0.25) is 0 Å². The molecule has 66 valence electrons. The summed E-state index contributed by atoms with van der Waals surface area (Å²) in [6.07, 6.45) is -1.97. The molecule has 12 heavy (non-hydrogen) atoms. The van der Waals surface area contributed by atoms with Crippen molar-refractivity contribution in [2.45, 2.75) is 6.43 Å². The van der Waals surface area contributed by atoms with Crippen LogP contribution in [0, 0.1) is 9.39 Å². The average Bonchev–Trinajstić information content (AvgIpc) is 1.97. The Labute approximate surface area is 80.1 Å². The highest BCUT2D eigenvalue weighted by molar-refractivity contribution is 14.1. The van der Waals surface area contributed by atoms with E-state index in [1.165, 1.54) is 22.6 Å². The molecule has 1 heterocycles. The third-order valence-electron chi connectivity index (χ3n) is 1.26. The van der Waals surface area contributed by atoms with Gasteiger partial charge in [-0.15, -0.1) is 0 Å². The fourth-order valence-electron chi connectivity index (χ4n) is 0.701. The summed E-state index contributed by atoms with van der Waals surface area (Å²) in [5.74, 6) is -1.10. The highest BCUT2D eigenvalue weighted by atomic mass is 127. The molecular formula is C6H4F3IN2. The van der Waals surface area contributed by atoms with Gasteiger partial charge < -0.3 is 5.73 Å². The van der Waals surface area contributed by atoms with Crippen LogP contribution < -0.4 is 5.73 Å². The maximum atomic E-state index is 12.7. The van der Waals surface area contributed by atoms with E-state index >= 15 is 0 Å². The van der Waals surface area contributed by atoms with Crippen LogP contribution >= 0.6 is 22.6 Å². The van der Waals surface area contributed by atoms with Crippen LogP contribution in [0.25, 0.3) is 0 Å². The van der Waals surface area contributed by atoms with Crippen LogP contribution in [0.15, 0.2) is 6.20 Å². The lowest BCUT2D eigenvalue weighted by atomic mass is 10.2. The summed E-state index contributed by atoms with van der Waals surface area (Å²) in [6.45, 7) is 0. The molecule has 0 aliphatic heterocycles. The van der Waals surface area contributed by atoms with E-state index in [0.29, 0.717) is 0 Å². The third kappa shape index (κ3) is 1.62. The van der Waals surface area contributed by atoms with Crippen LogP contribution in [0.1, 0.15) is 12.0 Å². The largest absolute Gasteiger partial charge is 0.383 e. The Kier molecular flexibility index (Phi) is 2.76. The molecule has 0 unspecified atom stereocenters. The first-order valence-corrected chi connectivity index (χ1v) is 3.99. The van der Waals surface area contributed by atoms with E-state index < -0.39 is 17.8 Å². The standard InChI is InChI=1S/C6H4F3IN2/c7-2-1-12-6(11)3(4(2)10)5(8)9/h1,5H,(H2,11,12). The Morgan fingerprint density at radius 2 is 2.08 bits per heavy atom. The molecule has 0 spiro atoms. The molecule has 1 rings (SSSR count). The molecule has 0 aromatic carbocycles. The topological polar surface area (TPSA) is 38.9 Å². The zero-order valence-corrected chi connectivity index (χ0v) is 7.85. The molecule has 0 fully saturated rings. The van der Waals surface area contributed by atoms with E-state index in [0.717, 1.165) is 6.20 Å². The van der Waals surface area contributed by atoms with Crippen LogP contribution in [0.3, 0.4) is 0 Å². The van der Waals surface area contributed by atoms with Gasteiger partial charge in [-0.25, -0.2) is 18.2 Å². The lowest BCUT2D eigenvalue weighted by Gasteiger charge is -2.05. The molecule has 2 N–H and O–H groups in total. The Balaban J connectivity index is 3.33. The van der Waals surface area contributed by atoms with E-state index in [-0.39, 0.29) is 9.39 Å². The molecule has 1 aromatic rings. The first-order valence-electron chi connectivity index (χ1n) is 2.91. The van der Waals surface area contributed by atoms with Gasteiger partial charge in [0, 0.05) is 0 Å². The summed E-state index contributed by atoms with van der Waals surface area (Å²) in [5, 5.41) is 0. The fraction of sp³-hybridized carbons (Fsp3) is 0.167. The normalized spacial score (nSPS) is 10.8. The molecule has 0 saturated carbocycles. The molecule has 0 bridgehead atoms. The van der Waals surface area contributed by atoms with Crippen molar-refractivity contribution in [2.24, 2.45) is 0 Å². The smallest absolute Gasteiger partial charge is 0.268 e. The summed E-state index contributed by atoms with van der Waals surface area (Å²) in [4.78, 5) is 3.28. The van der Waals surface area contributed by atoms with Crippen LogP contribution in [0.5, 0.6) is 0 Å². The minimum atomic E-state index is -2.79. The maximum Gasteiger partial charge on any atom is 0.268 e. The fourth-order valence-corrected chi connectivity index (χ4v) is 1.35. The van der Waals surface area contributed by atoms with E-state index in [1.54, 1.807) is 0 Å². The van der Waals surface area contributed by atoms with Crippen molar-refractivity contribution in [2.75, 3.05) is 5.73 Å². The summed E-state index contributed by atoms with van der Waals surface area (Å²) in [7, 11) is 0. The zero-order chi connectivity index (χ0) is 9.30. The third-order valence-corrected chi connectivity index (χ3v) is 2.35. The van der Waals surface area contributed by atoms with Gasteiger partial charge in [0.1, 0.15) is 5.82 Å². The predicted octanol–water partition coefficient (Wildman–Crippen LogP) is 2.35.